The van der Waals surface area contributed by atoms with Gasteiger partial charge in [0.2, 0.25) is 0 Å². The molecular weight excluding hydrogens is 251 g/mol. The van der Waals surface area contributed by atoms with Crippen LogP contribution in [0.25, 0.3) is 0 Å². The van der Waals surface area contributed by atoms with Crippen molar-refractivity contribution in [1.29, 1.82) is 0 Å². The topological polar surface area (TPSA) is 49.9 Å². The zero-order valence-corrected chi connectivity index (χ0v) is 10.4. The number of halogens is 1. The Morgan fingerprint density at radius 2 is 2.11 bits per heavy atom. The molecule has 1 heterocycles. The molecule has 0 N–H and O–H groups in total. The molecule has 0 spiro atoms. The first-order chi connectivity index (χ1) is 9.13. The third kappa shape index (κ3) is 2.73. The van der Waals surface area contributed by atoms with Crippen LogP contribution < -0.4 is 4.90 Å². The monoisotopic (exact) mass is 264 g/mol. The lowest BCUT2D eigenvalue weighted by Gasteiger charge is -2.16. The van der Waals surface area contributed by atoms with Gasteiger partial charge in [-0.2, -0.15) is 0 Å². The van der Waals surface area contributed by atoms with Crippen molar-refractivity contribution in [3.05, 3.63) is 42.4 Å². The van der Waals surface area contributed by atoms with E-state index in [1.54, 1.807) is 18.2 Å². The van der Waals surface area contributed by atoms with E-state index in [-0.39, 0.29) is 11.7 Å². The molecule has 1 aromatic carbocycles. The average molecular weight is 264 g/mol. The number of carbonyl (C=O) groups excluding carboxylic acids is 2. The summed E-state index contributed by atoms with van der Waals surface area (Å²) in [6.07, 6.45) is 2.50. The summed E-state index contributed by atoms with van der Waals surface area (Å²) in [5.74, 6) is -0.994. The minimum absolute atomic E-state index is 0.237. The van der Waals surface area contributed by atoms with Gasteiger partial charge in [-0.15, -0.1) is 0 Å². The first-order valence-corrected chi connectivity index (χ1v) is 5.72. The summed E-state index contributed by atoms with van der Waals surface area (Å²) >= 11 is 0. The van der Waals surface area contributed by atoms with Gasteiger partial charge >= 0.3 is 12.0 Å². The van der Waals surface area contributed by atoms with Gasteiger partial charge in [0.05, 0.1) is 12.8 Å². The molecule has 0 atom stereocenters. The van der Waals surface area contributed by atoms with Crippen molar-refractivity contribution in [3.8, 4) is 0 Å². The van der Waals surface area contributed by atoms with Crippen LogP contribution in [0, 0.1) is 5.82 Å². The number of benzene rings is 1. The Labute approximate surface area is 109 Å². The normalized spacial score (nSPS) is 15.4. The highest BCUT2D eigenvalue weighted by Gasteiger charge is 2.29. The number of esters is 1. The second kappa shape index (κ2) is 5.51. The van der Waals surface area contributed by atoms with Gasteiger partial charge in [0.15, 0.2) is 0 Å². The zero-order chi connectivity index (χ0) is 13.8. The molecule has 1 fully saturated rings. The molecule has 1 aromatic rings. The van der Waals surface area contributed by atoms with Gasteiger partial charge in [-0.3, -0.25) is 9.80 Å². The fourth-order valence-corrected chi connectivity index (χ4v) is 1.81. The number of hydrogen-bond acceptors (Lipinski definition) is 3. The summed E-state index contributed by atoms with van der Waals surface area (Å²) in [5, 5.41) is 0. The summed E-state index contributed by atoms with van der Waals surface area (Å²) in [6.45, 7) is 0.756. The summed E-state index contributed by atoms with van der Waals surface area (Å²) in [4.78, 5) is 25.7. The number of anilines is 1. The van der Waals surface area contributed by atoms with Gasteiger partial charge < -0.3 is 4.74 Å². The highest BCUT2D eigenvalue weighted by molar-refractivity contribution is 5.95. The Hall–Kier alpha value is -2.37. The van der Waals surface area contributed by atoms with E-state index in [0.717, 1.165) is 6.08 Å². The number of hydrogen-bond donors (Lipinski definition) is 0. The molecule has 1 aliphatic rings. The minimum Gasteiger partial charge on any atom is -0.466 e. The molecule has 0 unspecified atom stereocenters. The molecule has 2 amide bonds. The number of nitrogens with zero attached hydrogens (tertiary/aromatic N) is 2. The summed E-state index contributed by atoms with van der Waals surface area (Å²) < 4.78 is 18.0. The maximum absolute atomic E-state index is 13.6. The van der Waals surface area contributed by atoms with Crippen molar-refractivity contribution in [3.63, 3.8) is 0 Å². The van der Waals surface area contributed by atoms with Crippen molar-refractivity contribution in [1.82, 2.24) is 4.90 Å². The Morgan fingerprint density at radius 3 is 2.79 bits per heavy atom. The number of amides is 2. The lowest BCUT2D eigenvalue weighted by Crippen LogP contribution is -2.29. The largest absolute Gasteiger partial charge is 0.466 e. The van der Waals surface area contributed by atoms with Crippen LogP contribution in [0.5, 0.6) is 0 Å². The SMILES string of the molecule is COC(=O)/C=C/N1CCN(c2ccccc2F)C1=O. The average Bonchev–Trinajstić information content (AvgIpc) is 2.78. The standard InChI is InChI=1S/C13H13FN2O3/c1-19-12(17)6-7-15-8-9-16(13(15)18)11-5-3-2-4-10(11)14/h2-7H,8-9H2,1H3/b7-6+. The van der Waals surface area contributed by atoms with E-state index in [9.17, 15) is 14.0 Å². The van der Waals surface area contributed by atoms with Gasteiger partial charge in [-0.25, -0.2) is 14.0 Å². The van der Waals surface area contributed by atoms with Crippen molar-refractivity contribution in [2.75, 3.05) is 25.1 Å². The molecule has 0 bridgehead atoms. The second-order valence-electron chi connectivity index (χ2n) is 3.92. The number of urea groups is 1. The van der Waals surface area contributed by atoms with Crippen LogP contribution in [0.15, 0.2) is 36.5 Å². The second-order valence-corrected chi connectivity index (χ2v) is 3.92. The molecule has 0 radical (unpaired) electrons. The molecule has 19 heavy (non-hydrogen) atoms. The Kier molecular flexibility index (Phi) is 3.79. The van der Waals surface area contributed by atoms with Crippen molar-refractivity contribution in [2.24, 2.45) is 0 Å². The molecule has 0 aliphatic carbocycles. The van der Waals surface area contributed by atoms with Crippen LogP contribution in [-0.2, 0) is 9.53 Å². The summed E-state index contributed by atoms with van der Waals surface area (Å²) in [7, 11) is 1.25. The molecule has 1 saturated heterocycles. The van der Waals surface area contributed by atoms with Crippen molar-refractivity contribution < 1.29 is 18.7 Å². The lowest BCUT2D eigenvalue weighted by atomic mass is 10.3. The van der Waals surface area contributed by atoms with Gasteiger partial charge in [0, 0.05) is 25.4 Å². The third-order valence-corrected chi connectivity index (χ3v) is 2.78. The van der Waals surface area contributed by atoms with E-state index in [0.29, 0.717) is 13.1 Å². The van der Waals surface area contributed by atoms with Crippen LogP contribution >= 0.6 is 0 Å². The first kappa shape index (κ1) is 13.1. The van der Waals surface area contributed by atoms with Crippen LogP contribution in [0.2, 0.25) is 0 Å². The van der Waals surface area contributed by atoms with Crippen LogP contribution in [-0.4, -0.2) is 37.1 Å². The van der Waals surface area contributed by atoms with E-state index >= 15 is 0 Å². The fourth-order valence-electron chi connectivity index (χ4n) is 1.81. The molecule has 2 rings (SSSR count). The van der Waals surface area contributed by atoms with Gasteiger partial charge in [-0.05, 0) is 12.1 Å². The smallest absolute Gasteiger partial charge is 0.331 e. The van der Waals surface area contributed by atoms with E-state index in [4.69, 9.17) is 0 Å². The Balaban J connectivity index is 2.12. The molecule has 5 nitrogen and oxygen atoms in total. The Morgan fingerprint density at radius 1 is 1.37 bits per heavy atom. The molecule has 6 heteroatoms. The van der Waals surface area contributed by atoms with Crippen LogP contribution in [0.3, 0.4) is 0 Å². The van der Waals surface area contributed by atoms with Crippen LogP contribution in [0.1, 0.15) is 0 Å². The third-order valence-electron chi connectivity index (χ3n) is 2.78. The highest BCUT2D eigenvalue weighted by atomic mass is 19.1. The molecule has 0 saturated carbocycles. The number of methoxy groups -OCH3 is 1. The maximum atomic E-state index is 13.6. The number of ether oxygens (including phenoxy) is 1. The predicted octanol–water partition coefficient (Wildman–Crippen LogP) is 1.75. The fraction of sp³-hybridized carbons (Fsp3) is 0.231. The predicted molar refractivity (Wildman–Crippen MR) is 67.0 cm³/mol. The number of rotatable bonds is 3. The van der Waals surface area contributed by atoms with E-state index < -0.39 is 11.8 Å². The first-order valence-electron chi connectivity index (χ1n) is 5.72. The van der Waals surface area contributed by atoms with Crippen LogP contribution in [0.4, 0.5) is 14.9 Å². The van der Waals surface area contributed by atoms with Gasteiger partial charge in [0.25, 0.3) is 0 Å². The van der Waals surface area contributed by atoms with E-state index in [1.807, 2.05) is 0 Å². The number of carbonyl (C=O) groups is 2. The van der Waals surface area contributed by atoms with E-state index in [2.05, 4.69) is 4.74 Å². The molecular formula is C13H13FN2O3. The van der Waals surface area contributed by atoms with Gasteiger partial charge in [0.1, 0.15) is 5.82 Å². The van der Waals surface area contributed by atoms with Gasteiger partial charge in [-0.1, -0.05) is 12.1 Å². The Bertz CT molecular complexity index is 530. The minimum atomic E-state index is -0.544. The summed E-state index contributed by atoms with van der Waals surface area (Å²) in [5.41, 5.74) is 0.237. The molecule has 100 valence electrons. The summed E-state index contributed by atoms with van der Waals surface area (Å²) in [6, 6.07) is 5.70. The quantitative estimate of drug-likeness (QED) is 0.617. The molecule has 0 aromatic heterocycles. The van der Waals surface area contributed by atoms with Crippen molar-refractivity contribution >= 4 is 17.7 Å². The van der Waals surface area contributed by atoms with E-state index in [1.165, 1.54) is 29.2 Å². The number of para-hydroxylation sites is 1. The molecule has 1 aliphatic heterocycles. The zero-order valence-electron chi connectivity index (χ0n) is 10.4. The van der Waals surface area contributed by atoms with Crippen molar-refractivity contribution in [2.45, 2.75) is 0 Å². The lowest BCUT2D eigenvalue weighted by molar-refractivity contribution is -0.134. The highest BCUT2D eigenvalue weighted by Crippen LogP contribution is 2.23. The maximum Gasteiger partial charge on any atom is 0.331 e.